The second kappa shape index (κ2) is 3.34. The first-order chi connectivity index (χ1) is 6.27. The van der Waals surface area contributed by atoms with Crippen LogP contribution in [0.2, 0.25) is 0 Å². The first-order valence-electron chi connectivity index (χ1n) is 4.43. The minimum absolute atomic E-state index is 0.234. The lowest BCUT2D eigenvalue weighted by atomic mass is 10.1. The van der Waals surface area contributed by atoms with Crippen LogP contribution in [0, 0.1) is 5.82 Å². The largest absolute Gasteiger partial charge is 0.492 e. The van der Waals surface area contributed by atoms with Gasteiger partial charge in [-0.25, -0.2) is 4.39 Å². The summed E-state index contributed by atoms with van der Waals surface area (Å²) in [5.41, 5.74) is 1.03. The first kappa shape index (κ1) is 8.51. The van der Waals surface area contributed by atoms with Gasteiger partial charge in [0.05, 0.1) is 0 Å². The molecular weight excluding hydrogens is 169 g/mol. The zero-order valence-electron chi connectivity index (χ0n) is 7.51. The molecule has 1 heterocycles. The Morgan fingerprint density at radius 2 is 2.38 bits per heavy atom. The molecule has 0 saturated carbocycles. The number of rotatable bonds is 0. The van der Waals surface area contributed by atoms with E-state index < -0.39 is 0 Å². The summed E-state index contributed by atoms with van der Waals surface area (Å²) >= 11 is 0. The molecule has 70 valence electrons. The maximum Gasteiger partial charge on any atom is 0.127 e. The van der Waals surface area contributed by atoms with E-state index in [9.17, 15) is 4.39 Å². The van der Waals surface area contributed by atoms with Crippen LogP contribution in [0.4, 0.5) is 4.39 Å². The van der Waals surface area contributed by atoms with Crippen molar-refractivity contribution in [2.24, 2.45) is 0 Å². The van der Waals surface area contributed by atoms with Gasteiger partial charge in [0.2, 0.25) is 0 Å². The number of benzene rings is 1. The van der Waals surface area contributed by atoms with Crippen molar-refractivity contribution >= 4 is 0 Å². The molecule has 1 aliphatic rings. The van der Waals surface area contributed by atoms with E-state index in [4.69, 9.17) is 4.74 Å². The highest BCUT2D eigenvalue weighted by molar-refractivity contribution is 5.36. The predicted octanol–water partition coefficient (Wildman–Crippen LogP) is 1.87. The van der Waals surface area contributed by atoms with Crippen LogP contribution in [-0.2, 0) is 0 Å². The summed E-state index contributed by atoms with van der Waals surface area (Å²) in [5, 5.41) is 3.27. The van der Waals surface area contributed by atoms with E-state index in [2.05, 4.69) is 5.32 Å². The minimum Gasteiger partial charge on any atom is -0.492 e. The average molecular weight is 181 g/mol. The van der Waals surface area contributed by atoms with Gasteiger partial charge in [-0.1, -0.05) is 6.07 Å². The standard InChI is InChI=1S/C10H12FNO/c1-7-9-3-2-8(11)6-10(9)13-5-4-12-7/h2-3,6-7,12H,4-5H2,1H3. The van der Waals surface area contributed by atoms with Gasteiger partial charge in [-0.05, 0) is 13.0 Å². The molecule has 0 bridgehead atoms. The van der Waals surface area contributed by atoms with Gasteiger partial charge in [0.1, 0.15) is 18.2 Å². The van der Waals surface area contributed by atoms with Crippen molar-refractivity contribution in [3.8, 4) is 5.75 Å². The summed E-state index contributed by atoms with van der Waals surface area (Å²) < 4.78 is 18.3. The minimum atomic E-state index is -0.243. The van der Waals surface area contributed by atoms with Crippen LogP contribution in [0.25, 0.3) is 0 Å². The maximum atomic E-state index is 12.9. The van der Waals surface area contributed by atoms with E-state index in [0.29, 0.717) is 12.4 Å². The van der Waals surface area contributed by atoms with Gasteiger partial charge in [-0.15, -0.1) is 0 Å². The fourth-order valence-electron chi connectivity index (χ4n) is 1.54. The third kappa shape index (κ3) is 1.65. The molecule has 0 saturated heterocycles. The molecule has 1 N–H and O–H groups in total. The number of ether oxygens (including phenoxy) is 1. The van der Waals surface area contributed by atoms with Crippen LogP contribution in [0.1, 0.15) is 18.5 Å². The summed E-state index contributed by atoms with van der Waals surface area (Å²) in [6, 6.07) is 4.91. The Morgan fingerprint density at radius 1 is 1.54 bits per heavy atom. The highest BCUT2D eigenvalue weighted by Crippen LogP contribution is 2.27. The SMILES string of the molecule is CC1NCCOc2cc(F)ccc21. The lowest BCUT2D eigenvalue weighted by Crippen LogP contribution is -2.20. The number of fused-ring (bicyclic) bond motifs is 1. The van der Waals surface area contributed by atoms with E-state index >= 15 is 0 Å². The summed E-state index contributed by atoms with van der Waals surface area (Å²) in [6.07, 6.45) is 0. The quantitative estimate of drug-likeness (QED) is 0.659. The van der Waals surface area contributed by atoms with Crippen LogP contribution >= 0.6 is 0 Å². The fourth-order valence-corrected chi connectivity index (χ4v) is 1.54. The van der Waals surface area contributed by atoms with E-state index in [-0.39, 0.29) is 11.9 Å². The van der Waals surface area contributed by atoms with Gasteiger partial charge in [0.25, 0.3) is 0 Å². The highest BCUT2D eigenvalue weighted by atomic mass is 19.1. The van der Waals surface area contributed by atoms with Crippen molar-refractivity contribution in [1.29, 1.82) is 0 Å². The van der Waals surface area contributed by atoms with Crippen LogP contribution < -0.4 is 10.1 Å². The topological polar surface area (TPSA) is 21.3 Å². The molecule has 0 amide bonds. The highest BCUT2D eigenvalue weighted by Gasteiger charge is 2.15. The average Bonchev–Trinajstić information content (AvgIpc) is 2.28. The Kier molecular flexibility index (Phi) is 2.19. The summed E-state index contributed by atoms with van der Waals surface area (Å²) in [5.74, 6) is 0.422. The van der Waals surface area contributed by atoms with Crippen molar-refractivity contribution in [3.05, 3.63) is 29.6 Å². The molecule has 3 heteroatoms. The third-order valence-corrected chi connectivity index (χ3v) is 2.25. The molecule has 0 spiro atoms. The Morgan fingerprint density at radius 3 is 3.23 bits per heavy atom. The Balaban J connectivity index is 2.42. The van der Waals surface area contributed by atoms with Crippen molar-refractivity contribution in [2.75, 3.05) is 13.2 Å². The first-order valence-corrected chi connectivity index (χ1v) is 4.43. The van der Waals surface area contributed by atoms with Gasteiger partial charge in [-0.2, -0.15) is 0 Å². The molecule has 0 aliphatic carbocycles. The molecule has 1 unspecified atom stereocenters. The van der Waals surface area contributed by atoms with Gasteiger partial charge >= 0.3 is 0 Å². The molecule has 2 rings (SSSR count). The van der Waals surface area contributed by atoms with Crippen molar-refractivity contribution in [1.82, 2.24) is 5.32 Å². The molecule has 0 fully saturated rings. The molecule has 1 aliphatic heterocycles. The van der Waals surface area contributed by atoms with Crippen molar-refractivity contribution in [3.63, 3.8) is 0 Å². The van der Waals surface area contributed by atoms with Crippen LogP contribution in [0.15, 0.2) is 18.2 Å². The molecule has 1 aromatic rings. The number of hydrogen-bond donors (Lipinski definition) is 1. The monoisotopic (exact) mass is 181 g/mol. The lowest BCUT2D eigenvalue weighted by molar-refractivity contribution is 0.323. The number of halogens is 1. The van der Waals surface area contributed by atoms with Crippen molar-refractivity contribution in [2.45, 2.75) is 13.0 Å². The van der Waals surface area contributed by atoms with Crippen LogP contribution in [0.3, 0.4) is 0 Å². The van der Waals surface area contributed by atoms with E-state index in [1.165, 1.54) is 12.1 Å². The molecule has 0 radical (unpaired) electrons. The number of hydrogen-bond acceptors (Lipinski definition) is 2. The molecule has 1 aromatic carbocycles. The summed E-state index contributed by atoms with van der Waals surface area (Å²) in [4.78, 5) is 0. The second-order valence-electron chi connectivity index (χ2n) is 3.21. The zero-order chi connectivity index (χ0) is 9.26. The van der Waals surface area contributed by atoms with E-state index in [1.807, 2.05) is 6.92 Å². The molecule has 2 nitrogen and oxygen atoms in total. The smallest absolute Gasteiger partial charge is 0.127 e. The van der Waals surface area contributed by atoms with E-state index in [1.54, 1.807) is 6.07 Å². The Labute approximate surface area is 76.7 Å². The fraction of sp³-hybridized carbons (Fsp3) is 0.400. The van der Waals surface area contributed by atoms with Crippen molar-refractivity contribution < 1.29 is 9.13 Å². The van der Waals surface area contributed by atoms with Gasteiger partial charge in [-0.3, -0.25) is 0 Å². The van der Waals surface area contributed by atoms with Gasteiger partial charge in [0.15, 0.2) is 0 Å². The maximum absolute atomic E-state index is 12.9. The number of nitrogens with one attached hydrogen (secondary N) is 1. The predicted molar refractivity (Wildman–Crippen MR) is 48.3 cm³/mol. The third-order valence-electron chi connectivity index (χ3n) is 2.25. The van der Waals surface area contributed by atoms with Gasteiger partial charge in [0, 0.05) is 24.2 Å². The Hall–Kier alpha value is -1.09. The molecule has 1 atom stereocenters. The van der Waals surface area contributed by atoms with Crippen LogP contribution in [-0.4, -0.2) is 13.2 Å². The van der Waals surface area contributed by atoms with Gasteiger partial charge < -0.3 is 10.1 Å². The molecular formula is C10H12FNO. The van der Waals surface area contributed by atoms with Crippen LogP contribution in [0.5, 0.6) is 5.75 Å². The van der Waals surface area contributed by atoms with E-state index in [0.717, 1.165) is 12.1 Å². The lowest BCUT2D eigenvalue weighted by Gasteiger charge is -2.11. The second-order valence-corrected chi connectivity index (χ2v) is 3.21. The summed E-state index contributed by atoms with van der Waals surface area (Å²) in [6.45, 7) is 3.45. The Bertz CT molecular complexity index is 314. The summed E-state index contributed by atoms with van der Waals surface area (Å²) in [7, 11) is 0. The normalized spacial score (nSPS) is 21.5. The zero-order valence-corrected chi connectivity index (χ0v) is 7.51. The molecule has 0 aromatic heterocycles. The molecule has 13 heavy (non-hydrogen) atoms.